The molecular weight excluding hydrogens is 191 g/mol. The number of hydrogen-bond donors (Lipinski definition) is 1. The molecule has 1 aromatic rings. The maximum Gasteiger partial charge on any atom is 0.123 e. The minimum atomic E-state index is -0.797. The van der Waals surface area contributed by atoms with E-state index in [0.717, 1.165) is 31.2 Å². The first-order valence-corrected chi connectivity index (χ1v) is 5.58. The van der Waals surface area contributed by atoms with Crippen LogP contribution >= 0.6 is 0 Å². The van der Waals surface area contributed by atoms with Crippen molar-refractivity contribution in [2.24, 2.45) is 5.92 Å². The highest BCUT2D eigenvalue weighted by atomic mass is 19.1. The summed E-state index contributed by atoms with van der Waals surface area (Å²) in [5.41, 5.74) is -0.0661. The van der Waals surface area contributed by atoms with E-state index in [-0.39, 0.29) is 5.82 Å². The van der Waals surface area contributed by atoms with Gasteiger partial charge in [0.1, 0.15) is 5.82 Å². The molecule has 1 nitrogen and oxygen atoms in total. The zero-order valence-corrected chi connectivity index (χ0v) is 9.04. The van der Waals surface area contributed by atoms with Gasteiger partial charge in [-0.25, -0.2) is 4.39 Å². The van der Waals surface area contributed by atoms with Crippen molar-refractivity contribution < 1.29 is 9.50 Å². The molecule has 1 aliphatic carbocycles. The van der Waals surface area contributed by atoms with E-state index in [1.807, 2.05) is 6.07 Å². The molecule has 0 aromatic heterocycles. The van der Waals surface area contributed by atoms with Crippen molar-refractivity contribution in [1.82, 2.24) is 0 Å². The molecule has 2 rings (SSSR count). The molecule has 15 heavy (non-hydrogen) atoms. The Labute approximate surface area is 89.9 Å². The van der Waals surface area contributed by atoms with Gasteiger partial charge in [0.15, 0.2) is 0 Å². The van der Waals surface area contributed by atoms with E-state index < -0.39 is 5.60 Å². The number of rotatable bonds is 1. The van der Waals surface area contributed by atoms with E-state index in [0.29, 0.717) is 5.92 Å². The number of hydrogen-bond acceptors (Lipinski definition) is 1. The monoisotopic (exact) mass is 208 g/mol. The largest absolute Gasteiger partial charge is 0.385 e. The molecule has 0 heterocycles. The summed E-state index contributed by atoms with van der Waals surface area (Å²) in [4.78, 5) is 0. The third-order valence-electron chi connectivity index (χ3n) is 3.46. The first kappa shape index (κ1) is 10.6. The molecule has 1 fully saturated rings. The van der Waals surface area contributed by atoms with Gasteiger partial charge in [0, 0.05) is 0 Å². The first-order valence-electron chi connectivity index (χ1n) is 5.58. The lowest BCUT2D eigenvalue weighted by atomic mass is 9.76. The molecule has 82 valence electrons. The molecule has 0 amide bonds. The SMILES string of the molecule is CC1CCC(O)(c2cccc(F)c2)CC1. The van der Waals surface area contributed by atoms with Crippen LogP contribution in [0.25, 0.3) is 0 Å². The average molecular weight is 208 g/mol. The van der Waals surface area contributed by atoms with Crippen molar-refractivity contribution in [1.29, 1.82) is 0 Å². The van der Waals surface area contributed by atoms with Crippen molar-refractivity contribution in [3.63, 3.8) is 0 Å². The number of halogens is 1. The van der Waals surface area contributed by atoms with Crippen molar-refractivity contribution in [3.05, 3.63) is 35.6 Å². The Morgan fingerprint density at radius 1 is 1.33 bits per heavy atom. The smallest absolute Gasteiger partial charge is 0.123 e. The van der Waals surface area contributed by atoms with E-state index in [2.05, 4.69) is 6.92 Å². The Morgan fingerprint density at radius 3 is 2.60 bits per heavy atom. The summed E-state index contributed by atoms with van der Waals surface area (Å²) in [5.74, 6) is 0.415. The number of aliphatic hydroxyl groups is 1. The summed E-state index contributed by atoms with van der Waals surface area (Å²) >= 11 is 0. The third-order valence-corrected chi connectivity index (χ3v) is 3.46. The van der Waals surface area contributed by atoms with Gasteiger partial charge in [-0.2, -0.15) is 0 Å². The van der Waals surface area contributed by atoms with Gasteiger partial charge in [-0.15, -0.1) is 0 Å². The van der Waals surface area contributed by atoms with E-state index in [1.54, 1.807) is 6.07 Å². The van der Waals surface area contributed by atoms with Crippen LogP contribution < -0.4 is 0 Å². The summed E-state index contributed by atoms with van der Waals surface area (Å²) in [6.45, 7) is 2.20. The highest BCUT2D eigenvalue weighted by Crippen LogP contribution is 2.39. The Hall–Kier alpha value is -0.890. The molecule has 0 spiro atoms. The van der Waals surface area contributed by atoms with Gasteiger partial charge in [0.25, 0.3) is 0 Å². The zero-order valence-electron chi connectivity index (χ0n) is 9.04. The summed E-state index contributed by atoms with van der Waals surface area (Å²) in [7, 11) is 0. The standard InChI is InChI=1S/C13H17FO/c1-10-5-7-13(15,8-6-10)11-3-2-4-12(14)9-11/h2-4,9-10,15H,5-8H2,1H3. The Kier molecular flexibility index (Phi) is 2.79. The Balaban J connectivity index is 2.22. The van der Waals surface area contributed by atoms with Crippen LogP contribution in [0.15, 0.2) is 24.3 Å². The third kappa shape index (κ3) is 2.20. The zero-order chi connectivity index (χ0) is 10.9. The maximum absolute atomic E-state index is 13.1. The predicted octanol–water partition coefficient (Wildman–Crippen LogP) is 3.22. The van der Waals surface area contributed by atoms with E-state index in [1.165, 1.54) is 12.1 Å². The van der Waals surface area contributed by atoms with Crippen LogP contribution in [0.2, 0.25) is 0 Å². The van der Waals surface area contributed by atoms with Crippen LogP contribution in [0.5, 0.6) is 0 Å². The van der Waals surface area contributed by atoms with Gasteiger partial charge in [0.05, 0.1) is 5.60 Å². The van der Waals surface area contributed by atoms with Crippen LogP contribution in [0.3, 0.4) is 0 Å². The lowest BCUT2D eigenvalue weighted by Gasteiger charge is -2.35. The molecule has 0 saturated heterocycles. The summed E-state index contributed by atoms with van der Waals surface area (Å²) in [6.07, 6.45) is 3.54. The Bertz CT molecular complexity index is 340. The van der Waals surface area contributed by atoms with Crippen molar-refractivity contribution in [3.8, 4) is 0 Å². The number of benzene rings is 1. The molecule has 1 aliphatic rings. The highest BCUT2D eigenvalue weighted by Gasteiger charge is 2.33. The highest BCUT2D eigenvalue weighted by molar-refractivity contribution is 5.23. The first-order chi connectivity index (χ1) is 7.10. The summed E-state index contributed by atoms with van der Waals surface area (Å²) in [5, 5.41) is 10.4. The van der Waals surface area contributed by atoms with Gasteiger partial charge >= 0.3 is 0 Å². The van der Waals surface area contributed by atoms with Crippen molar-refractivity contribution in [2.45, 2.75) is 38.2 Å². The molecule has 0 radical (unpaired) electrons. The maximum atomic E-state index is 13.1. The molecule has 2 heteroatoms. The molecule has 1 N–H and O–H groups in total. The van der Waals surface area contributed by atoms with Gasteiger partial charge < -0.3 is 5.11 Å². The Morgan fingerprint density at radius 2 is 2.00 bits per heavy atom. The molecule has 1 aromatic carbocycles. The molecule has 0 aliphatic heterocycles. The van der Waals surface area contributed by atoms with Gasteiger partial charge in [-0.1, -0.05) is 19.1 Å². The fraction of sp³-hybridized carbons (Fsp3) is 0.538. The molecule has 0 unspecified atom stereocenters. The second-order valence-corrected chi connectivity index (χ2v) is 4.72. The molecule has 0 atom stereocenters. The quantitative estimate of drug-likeness (QED) is 0.751. The van der Waals surface area contributed by atoms with E-state index in [4.69, 9.17) is 0 Å². The van der Waals surface area contributed by atoms with E-state index >= 15 is 0 Å². The second kappa shape index (κ2) is 3.93. The normalized spacial score (nSPS) is 31.5. The lowest BCUT2D eigenvalue weighted by molar-refractivity contribution is -0.0122. The van der Waals surface area contributed by atoms with Gasteiger partial charge in [-0.05, 0) is 49.3 Å². The summed E-state index contributed by atoms with van der Waals surface area (Å²) in [6, 6.07) is 6.36. The van der Waals surface area contributed by atoms with Gasteiger partial charge in [0.2, 0.25) is 0 Å². The van der Waals surface area contributed by atoms with E-state index in [9.17, 15) is 9.50 Å². The van der Waals surface area contributed by atoms with Crippen LogP contribution in [-0.4, -0.2) is 5.11 Å². The predicted molar refractivity (Wildman–Crippen MR) is 57.9 cm³/mol. The lowest BCUT2D eigenvalue weighted by Crippen LogP contribution is -2.30. The van der Waals surface area contributed by atoms with Crippen LogP contribution in [0.4, 0.5) is 4.39 Å². The minimum Gasteiger partial charge on any atom is -0.385 e. The minimum absolute atomic E-state index is 0.264. The van der Waals surface area contributed by atoms with Crippen molar-refractivity contribution >= 4 is 0 Å². The second-order valence-electron chi connectivity index (χ2n) is 4.72. The molecule has 0 bridgehead atoms. The fourth-order valence-corrected chi connectivity index (χ4v) is 2.31. The average Bonchev–Trinajstić information content (AvgIpc) is 2.23. The molecule has 1 saturated carbocycles. The topological polar surface area (TPSA) is 20.2 Å². The van der Waals surface area contributed by atoms with Crippen LogP contribution in [0.1, 0.15) is 38.2 Å². The van der Waals surface area contributed by atoms with Crippen molar-refractivity contribution in [2.75, 3.05) is 0 Å². The molecular formula is C13H17FO. The fourth-order valence-electron chi connectivity index (χ4n) is 2.31. The van der Waals surface area contributed by atoms with Gasteiger partial charge in [-0.3, -0.25) is 0 Å². The summed E-state index contributed by atoms with van der Waals surface area (Å²) < 4.78 is 13.1. The van der Waals surface area contributed by atoms with Crippen LogP contribution in [0, 0.1) is 11.7 Å². The van der Waals surface area contributed by atoms with Crippen LogP contribution in [-0.2, 0) is 5.60 Å².